The first-order valence-corrected chi connectivity index (χ1v) is 12.1. The van der Waals surface area contributed by atoms with E-state index in [1.54, 1.807) is 4.90 Å². The van der Waals surface area contributed by atoms with Crippen molar-refractivity contribution in [1.29, 1.82) is 0 Å². The third kappa shape index (κ3) is 5.25. The molecule has 2 heterocycles. The summed E-state index contributed by atoms with van der Waals surface area (Å²) < 4.78 is 58.1. The predicted octanol–water partition coefficient (Wildman–Crippen LogP) is 1.59. The number of nitrogens with one attached hydrogen (secondary N) is 1. The number of aromatic nitrogens is 1. The number of hydrogen-bond donors (Lipinski definition) is 4. The molecule has 4 rings (SSSR count). The number of halogens is 2. The lowest BCUT2D eigenvalue weighted by Gasteiger charge is -2.38. The van der Waals surface area contributed by atoms with Gasteiger partial charge in [0, 0.05) is 37.4 Å². The van der Waals surface area contributed by atoms with Gasteiger partial charge in [0.15, 0.2) is 11.6 Å². The Morgan fingerprint density at radius 1 is 1.18 bits per heavy atom. The Hall–Kier alpha value is -2.77. The third-order valence-electron chi connectivity index (χ3n) is 5.41. The van der Waals surface area contributed by atoms with Crippen LogP contribution in [-0.2, 0) is 10.1 Å². The molecule has 2 aromatic rings. The smallest absolute Gasteiger partial charge is 0.341 e. The number of carboxylic acids is 1. The van der Waals surface area contributed by atoms with Crippen molar-refractivity contribution in [3.63, 3.8) is 0 Å². The SMILES string of the molecule is CS(=O)(=O)O.C[C@@H]1CN(c2c(F)c(N)c3c(=O)c(C(=O)O)cn(C4CC4)c3c2F)C[C@H](C)N1. The average Bonchev–Trinajstić information content (AvgIpc) is 3.48. The number of rotatable bonds is 3. The van der Waals surface area contributed by atoms with E-state index in [9.17, 15) is 23.1 Å². The van der Waals surface area contributed by atoms with Crippen LogP contribution in [0.15, 0.2) is 11.0 Å². The number of carboxylic acid groups (broad SMARTS) is 1. The number of pyridine rings is 1. The normalized spacial score (nSPS) is 21.0. The lowest BCUT2D eigenvalue weighted by Crippen LogP contribution is -2.54. The van der Waals surface area contributed by atoms with Crippen molar-refractivity contribution in [2.75, 3.05) is 30.0 Å². The Kier molecular flexibility index (Phi) is 6.69. The maximum Gasteiger partial charge on any atom is 0.341 e. The predicted molar refractivity (Wildman–Crippen MR) is 120 cm³/mol. The minimum atomic E-state index is -3.67. The first-order chi connectivity index (χ1) is 15.2. The fourth-order valence-corrected chi connectivity index (χ4v) is 4.13. The lowest BCUT2D eigenvalue weighted by molar-refractivity contribution is 0.0694. The van der Waals surface area contributed by atoms with Crippen molar-refractivity contribution in [1.82, 2.24) is 9.88 Å². The highest BCUT2D eigenvalue weighted by Gasteiger charge is 2.34. The van der Waals surface area contributed by atoms with Crippen LogP contribution in [0.2, 0.25) is 0 Å². The number of nitrogen functional groups attached to an aromatic ring is 1. The lowest BCUT2D eigenvalue weighted by atomic mass is 10.0. The van der Waals surface area contributed by atoms with Gasteiger partial charge < -0.3 is 25.6 Å². The van der Waals surface area contributed by atoms with Gasteiger partial charge in [0.25, 0.3) is 10.1 Å². The summed E-state index contributed by atoms with van der Waals surface area (Å²) in [5.41, 5.74) is 3.54. The van der Waals surface area contributed by atoms with Crippen molar-refractivity contribution in [3.05, 3.63) is 33.6 Å². The van der Waals surface area contributed by atoms with E-state index >= 15 is 8.78 Å². The number of anilines is 2. The molecule has 1 aliphatic carbocycles. The van der Waals surface area contributed by atoms with Crippen molar-refractivity contribution < 1.29 is 31.7 Å². The molecule has 2 atom stereocenters. The molecular formula is C20H26F2N4O6S. The van der Waals surface area contributed by atoms with E-state index in [4.69, 9.17) is 10.3 Å². The van der Waals surface area contributed by atoms with Crippen LogP contribution < -0.4 is 21.4 Å². The first-order valence-electron chi connectivity index (χ1n) is 10.2. The second-order valence-corrected chi connectivity index (χ2v) is 10.0. The summed E-state index contributed by atoms with van der Waals surface area (Å²) in [5, 5.41) is 12.2. The molecule has 182 valence electrons. The molecule has 0 spiro atoms. The topological polar surface area (TPSA) is 155 Å². The molecule has 1 aliphatic heterocycles. The van der Waals surface area contributed by atoms with Gasteiger partial charge in [0.05, 0.1) is 22.8 Å². The molecule has 0 amide bonds. The average molecular weight is 489 g/mol. The Morgan fingerprint density at radius 3 is 2.15 bits per heavy atom. The molecule has 2 aliphatic rings. The molecule has 1 aromatic heterocycles. The molecule has 1 aromatic carbocycles. The zero-order chi connectivity index (χ0) is 24.8. The molecule has 33 heavy (non-hydrogen) atoms. The molecule has 0 radical (unpaired) electrons. The molecule has 0 bridgehead atoms. The maximum atomic E-state index is 15.6. The zero-order valence-electron chi connectivity index (χ0n) is 18.3. The number of fused-ring (bicyclic) bond motifs is 1. The van der Waals surface area contributed by atoms with Crippen molar-refractivity contribution in [3.8, 4) is 0 Å². The van der Waals surface area contributed by atoms with E-state index in [0.29, 0.717) is 19.3 Å². The van der Waals surface area contributed by atoms with Crippen LogP contribution in [0.5, 0.6) is 0 Å². The Bertz CT molecular complexity index is 1260. The van der Waals surface area contributed by atoms with Crippen LogP contribution in [0, 0.1) is 11.6 Å². The third-order valence-corrected chi connectivity index (χ3v) is 5.41. The number of nitrogens with zero attached hydrogens (tertiary/aromatic N) is 2. The van der Waals surface area contributed by atoms with Gasteiger partial charge in [0.2, 0.25) is 5.43 Å². The van der Waals surface area contributed by atoms with Gasteiger partial charge in [-0.05, 0) is 26.7 Å². The molecule has 5 N–H and O–H groups in total. The quantitative estimate of drug-likeness (QED) is 0.372. The zero-order valence-corrected chi connectivity index (χ0v) is 19.1. The van der Waals surface area contributed by atoms with E-state index in [0.717, 1.165) is 19.0 Å². The monoisotopic (exact) mass is 488 g/mol. The van der Waals surface area contributed by atoms with Gasteiger partial charge in [-0.25, -0.2) is 13.6 Å². The Labute approximate surface area is 188 Å². The Morgan fingerprint density at radius 2 is 1.70 bits per heavy atom. The fourth-order valence-electron chi connectivity index (χ4n) is 4.13. The summed E-state index contributed by atoms with van der Waals surface area (Å²) >= 11 is 0. The highest BCUT2D eigenvalue weighted by molar-refractivity contribution is 7.85. The van der Waals surface area contributed by atoms with Gasteiger partial charge >= 0.3 is 5.97 Å². The molecule has 0 unspecified atom stereocenters. The number of piperazine rings is 1. The molecule has 1 saturated carbocycles. The molecule has 13 heteroatoms. The molecule has 10 nitrogen and oxygen atoms in total. The van der Waals surface area contributed by atoms with Crippen LogP contribution >= 0.6 is 0 Å². The second-order valence-electron chi connectivity index (χ2n) is 8.54. The second kappa shape index (κ2) is 8.88. The van der Waals surface area contributed by atoms with Crippen LogP contribution in [0.3, 0.4) is 0 Å². The maximum absolute atomic E-state index is 15.6. The number of carbonyl (C=O) groups is 1. The van der Waals surface area contributed by atoms with Gasteiger partial charge in [-0.2, -0.15) is 8.42 Å². The standard InChI is InChI=1S/C19H22F2N4O3.CH4O3S/c1-8-5-24(6-9(2)23-8)17-13(20)15(22)12-16(14(17)21)25(10-3-4-10)7-11(18(12)26)19(27)28;1-5(2,3)4/h7-10,23H,3-6,22H2,1-2H3,(H,27,28);1H3,(H,2,3,4)/t8-,9+;. The minimum absolute atomic E-state index is 0.0134. The highest BCUT2D eigenvalue weighted by Crippen LogP contribution is 2.41. The van der Waals surface area contributed by atoms with E-state index in [1.807, 2.05) is 13.8 Å². The van der Waals surface area contributed by atoms with E-state index < -0.39 is 49.8 Å². The van der Waals surface area contributed by atoms with Gasteiger partial charge in [-0.1, -0.05) is 0 Å². The van der Waals surface area contributed by atoms with Crippen LogP contribution in [-0.4, -0.2) is 60.0 Å². The summed E-state index contributed by atoms with van der Waals surface area (Å²) in [5.74, 6) is -3.34. The highest BCUT2D eigenvalue weighted by atomic mass is 32.2. The number of hydrogen-bond acceptors (Lipinski definition) is 7. The minimum Gasteiger partial charge on any atom is -0.477 e. The van der Waals surface area contributed by atoms with Gasteiger partial charge in [-0.15, -0.1) is 0 Å². The van der Waals surface area contributed by atoms with Crippen molar-refractivity contribution in [2.45, 2.75) is 44.8 Å². The van der Waals surface area contributed by atoms with Crippen molar-refractivity contribution in [2.24, 2.45) is 0 Å². The van der Waals surface area contributed by atoms with E-state index in [-0.39, 0.29) is 29.3 Å². The largest absolute Gasteiger partial charge is 0.477 e. The summed E-state index contributed by atoms with van der Waals surface area (Å²) in [6.45, 7) is 4.60. The Balaban J connectivity index is 0.000000555. The summed E-state index contributed by atoms with van der Waals surface area (Å²) in [6, 6.07) is -0.103. The number of benzene rings is 1. The van der Waals surface area contributed by atoms with E-state index in [1.165, 1.54) is 4.57 Å². The number of nitrogens with two attached hydrogens (primary N) is 1. The number of aromatic carboxylic acids is 1. The summed E-state index contributed by atoms with van der Waals surface area (Å²) in [7, 11) is -3.67. The molecular weight excluding hydrogens is 462 g/mol. The van der Waals surface area contributed by atoms with Gasteiger partial charge in [-0.3, -0.25) is 9.35 Å². The first kappa shape index (κ1) is 24.9. The van der Waals surface area contributed by atoms with Crippen LogP contribution in [0.25, 0.3) is 10.9 Å². The van der Waals surface area contributed by atoms with Gasteiger partial charge in [0.1, 0.15) is 11.3 Å². The van der Waals surface area contributed by atoms with Crippen molar-refractivity contribution >= 4 is 38.4 Å². The fraction of sp³-hybridized carbons (Fsp3) is 0.500. The molecule has 2 fully saturated rings. The summed E-state index contributed by atoms with van der Waals surface area (Å²) in [6.07, 6.45) is 3.32. The molecule has 1 saturated heterocycles. The summed E-state index contributed by atoms with van der Waals surface area (Å²) in [4.78, 5) is 25.7. The van der Waals surface area contributed by atoms with E-state index in [2.05, 4.69) is 5.32 Å². The van der Waals surface area contributed by atoms with Crippen LogP contribution in [0.1, 0.15) is 43.1 Å². The van der Waals surface area contributed by atoms with Crippen LogP contribution in [0.4, 0.5) is 20.2 Å².